The zero-order valence-corrected chi connectivity index (χ0v) is 30.5. The van der Waals surface area contributed by atoms with Crippen LogP contribution in [0.5, 0.6) is 0 Å². The van der Waals surface area contributed by atoms with Gasteiger partial charge in [-0.2, -0.15) is 0 Å². The van der Waals surface area contributed by atoms with Crippen LogP contribution in [0, 0.1) is 0 Å². The Balaban J connectivity index is 0.950. The van der Waals surface area contributed by atoms with Crippen molar-refractivity contribution < 1.29 is 0 Å². The van der Waals surface area contributed by atoms with Crippen molar-refractivity contribution in [2.24, 2.45) is 9.98 Å². The zero-order valence-electron chi connectivity index (χ0n) is 30.5. The number of hydrogen-bond acceptors (Lipinski definition) is 5. The van der Waals surface area contributed by atoms with E-state index in [0.717, 1.165) is 113 Å². The number of fused-ring (bicyclic) bond motifs is 3. The van der Waals surface area contributed by atoms with E-state index in [0.29, 0.717) is 0 Å². The van der Waals surface area contributed by atoms with E-state index < -0.39 is 0 Å². The van der Waals surface area contributed by atoms with Gasteiger partial charge in [0.2, 0.25) is 0 Å². The van der Waals surface area contributed by atoms with Crippen LogP contribution in [0.1, 0.15) is 29.5 Å². The van der Waals surface area contributed by atoms with E-state index in [1.165, 1.54) is 0 Å². The molecule has 0 spiro atoms. The van der Waals surface area contributed by atoms with Gasteiger partial charge in [-0.15, -0.1) is 0 Å². The summed E-state index contributed by atoms with van der Waals surface area (Å²) in [6.07, 6.45) is 5.75. The lowest BCUT2D eigenvalue weighted by atomic mass is 10.00. The van der Waals surface area contributed by atoms with E-state index in [9.17, 15) is 0 Å². The van der Waals surface area contributed by atoms with Gasteiger partial charge < -0.3 is 0 Å². The lowest BCUT2D eigenvalue weighted by Crippen LogP contribution is -2.09. The van der Waals surface area contributed by atoms with Gasteiger partial charge in [0.05, 0.1) is 39.3 Å². The Morgan fingerprint density at radius 1 is 0.411 bits per heavy atom. The summed E-state index contributed by atoms with van der Waals surface area (Å²) in [7, 11) is 0. The molecular formula is C51H35N5. The van der Waals surface area contributed by atoms with Crippen LogP contribution in [0.15, 0.2) is 198 Å². The maximum atomic E-state index is 5.15. The molecule has 4 heterocycles. The lowest BCUT2D eigenvalue weighted by molar-refractivity contribution is 1.08. The summed E-state index contributed by atoms with van der Waals surface area (Å²) in [5, 5.41) is 3.29. The second kappa shape index (κ2) is 14.5. The molecule has 56 heavy (non-hydrogen) atoms. The van der Waals surface area contributed by atoms with Crippen LogP contribution in [-0.4, -0.2) is 26.5 Å². The summed E-state index contributed by atoms with van der Waals surface area (Å²) in [5.74, 6) is 0.719. The highest BCUT2D eigenvalue weighted by Crippen LogP contribution is 2.32. The van der Waals surface area contributed by atoms with Crippen LogP contribution in [0.25, 0.3) is 72.0 Å². The Bertz CT molecular complexity index is 3000. The fourth-order valence-corrected chi connectivity index (χ4v) is 7.48. The summed E-state index contributed by atoms with van der Waals surface area (Å²) >= 11 is 0. The quantitative estimate of drug-likeness (QED) is 0.172. The molecule has 0 saturated carbocycles. The Hall–Kier alpha value is -7.37. The van der Waals surface area contributed by atoms with Gasteiger partial charge in [-0.3, -0.25) is 4.98 Å². The third-order valence-electron chi connectivity index (χ3n) is 10.4. The lowest BCUT2D eigenvalue weighted by Gasteiger charge is -2.13. The largest absolute Gasteiger partial charge is 0.256 e. The molecule has 0 amide bonds. The van der Waals surface area contributed by atoms with Crippen LogP contribution < -0.4 is 0 Å². The van der Waals surface area contributed by atoms with Gasteiger partial charge in [-0.1, -0.05) is 152 Å². The summed E-state index contributed by atoms with van der Waals surface area (Å²) in [4.78, 5) is 25.2. The van der Waals surface area contributed by atoms with E-state index in [4.69, 9.17) is 20.0 Å². The minimum atomic E-state index is 0.719. The number of nitrogens with zero attached hydrogens (tertiary/aromatic N) is 5. The first kappa shape index (κ1) is 33.2. The van der Waals surface area contributed by atoms with Gasteiger partial charge in [0.25, 0.3) is 0 Å². The Kier molecular flexibility index (Phi) is 8.58. The zero-order chi connectivity index (χ0) is 37.3. The van der Waals surface area contributed by atoms with Crippen molar-refractivity contribution in [1.29, 1.82) is 0 Å². The Morgan fingerprint density at radius 2 is 1.02 bits per heavy atom. The molecule has 264 valence electrons. The smallest absolute Gasteiger partial charge is 0.160 e. The maximum absolute atomic E-state index is 5.15. The second-order valence-electron chi connectivity index (χ2n) is 14.0. The molecule has 5 heteroatoms. The number of hydrogen-bond donors (Lipinski definition) is 0. The number of para-hydroxylation sites is 1. The first-order valence-corrected chi connectivity index (χ1v) is 19.0. The SMILES string of the molecule is C1=C(c2ccc(-c3ccc4ccc(-c5ccc6ccc(-c7cccc8cccnc78)nc6c5)cc4n3)cc2)/N=C(c2ccccc2)\N=C(\c2ccccc2)CC\1. The third kappa shape index (κ3) is 6.56. The number of rotatable bonds is 6. The number of pyridine rings is 3. The van der Waals surface area contributed by atoms with E-state index in [-0.39, 0.29) is 0 Å². The number of aromatic nitrogens is 3. The van der Waals surface area contributed by atoms with Gasteiger partial charge >= 0.3 is 0 Å². The summed E-state index contributed by atoms with van der Waals surface area (Å²) in [5.41, 5.74) is 14.1. The van der Waals surface area contributed by atoms with Crippen molar-refractivity contribution in [3.63, 3.8) is 0 Å². The molecule has 0 N–H and O–H groups in total. The Morgan fingerprint density at radius 3 is 1.75 bits per heavy atom. The predicted octanol–water partition coefficient (Wildman–Crippen LogP) is 12.4. The molecular weight excluding hydrogens is 683 g/mol. The van der Waals surface area contributed by atoms with Crippen LogP contribution in [0.2, 0.25) is 0 Å². The Labute approximate surface area is 325 Å². The fraction of sp³-hybridized carbons (Fsp3) is 0.0392. The van der Waals surface area contributed by atoms with Gasteiger partial charge in [0.1, 0.15) is 0 Å². The third-order valence-corrected chi connectivity index (χ3v) is 10.4. The highest BCUT2D eigenvalue weighted by atomic mass is 14.9. The van der Waals surface area contributed by atoms with Crippen molar-refractivity contribution >= 4 is 50.0 Å². The van der Waals surface area contributed by atoms with Crippen LogP contribution in [0.3, 0.4) is 0 Å². The number of allylic oxidation sites excluding steroid dienone is 1. The standard InChI is InChI=1S/C51H35N5/c1-3-10-34(11-4-1)44-17-8-18-45(56-51(55-44)40-12-5-2-6-13-40)35-19-21-36(22-20-35)46-29-27-37-23-25-41(32-48(37)53-46)42-26-24-38-28-30-47(54-49(38)33-42)43-16-7-14-39-15-9-31-52-50(39)43/h1-7,9-16,18-33H,8,17H2/b45-18-,55-44+,56-51-. The van der Waals surface area contributed by atoms with Crippen LogP contribution in [0.4, 0.5) is 0 Å². The molecule has 1 aliphatic heterocycles. The number of benzene rings is 6. The molecule has 0 saturated heterocycles. The molecule has 1 aliphatic rings. The highest BCUT2D eigenvalue weighted by molar-refractivity contribution is 6.14. The minimum absolute atomic E-state index is 0.719. The van der Waals surface area contributed by atoms with E-state index >= 15 is 0 Å². The predicted molar refractivity (Wildman–Crippen MR) is 232 cm³/mol. The number of amidine groups is 1. The van der Waals surface area contributed by atoms with Gasteiger partial charge in [-0.05, 0) is 65.4 Å². The molecule has 0 radical (unpaired) electrons. The molecule has 3 aromatic heterocycles. The topological polar surface area (TPSA) is 63.4 Å². The normalized spacial score (nSPS) is 16.0. The van der Waals surface area contributed by atoms with Gasteiger partial charge in [0.15, 0.2) is 5.84 Å². The van der Waals surface area contributed by atoms with Crippen molar-refractivity contribution in [2.45, 2.75) is 12.8 Å². The highest BCUT2D eigenvalue weighted by Gasteiger charge is 2.14. The first-order valence-electron chi connectivity index (χ1n) is 19.0. The maximum Gasteiger partial charge on any atom is 0.160 e. The van der Waals surface area contributed by atoms with Crippen LogP contribution >= 0.6 is 0 Å². The van der Waals surface area contributed by atoms with E-state index in [1.807, 2.05) is 36.5 Å². The average molecular weight is 718 g/mol. The summed E-state index contributed by atoms with van der Waals surface area (Å²) < 4.78 is 0. The van der Waals surface area contributed by atoms with Crippen molar-refractivity contribution in [2.75, 3.05) is 0 Å². The summed E-state index contributed by atoms with van der Waals surface area (Å²) in [6, 6.07) is 60.9. The monoisotopic (exact) mass is 717 g/mol. The molecule has 5 nitrogen and oxygen atoms in total. The molecule has 9 aromatic rings. The van der Waals surface area contributed by atoms with Crippen LogP contribution in [-0.2, 0) is 0 Å². The van der Waals surface area contributed by atoms with Gasteiger partial charge in [-0.25, -0.2) is 20.0 Å². The van der Waals surface area contributed by atoms with E-state index in [2.05, 4.69) is 157 Å². The van der Waals surface area contributed by atoms with Crippen molar-refractivity contribution in [1.82, 2.24) is 15.0 Å². The first-order chi connectivity index (χ1) is 27.7. The van der Waals surface area contributed by atoms with Crippen molar-refractivity contribution in [3.05, 3.63) is 205 Å². The molecule has 0 aliphatic carbocycles. The van der Waals surface area contributed by atoms with Crippen molar-refractivity contribution in [3.8, 4) is 33.6 Å². The molecule has 10 rings (SSSR count). The summed E-state index contributed by atoms with van der Waals surface area (Å²) in [6.45, 7) is 0. The minimum Gasteiger partial charge on any atom is -0.256 e. The second-order valence-corrected chi connectivity index (χ2v) is 14.0. The molecule has 6 aromatic carbocycles. The van der Waals surface area contributed by atoms with E-state index in [1.54, 1.807) is 0 Å². The average Bonchev–Trinajstić information content (AvgIpc) is 3.26. The molecule has 0 atom stereocenters. The fourth-order valence-electron chi connectivity index (χ4n) is 7.48. The molecule has 0 unspecified atom stereocenters. The molecule has 0 fully saturated rings. The van der Waals surface area contributed by atoms with Gasteiger partial charge in [0, 0.05) is 39.0 Å². The molecule has 0 bridgehead atoms. The number of aliphatic imine (C=N–C) groups is 2.